The van der Waals surface area contributed by atoms with E-state index in [4.69, 9.17) is 4.84 Å². The molecule has 0 aliphatic carbocycles. The minimum absolute atomic E-state index is 0.0661. The van der Waals surface area contributed by atoms with Crippen LogP contribution in [-0.4, -0.2) is 11.0 Å². The summed E-state index contributed by atoms with van der Waals surface area (Å²) in [6.45, 7) is 4.40. The summed E-state index contributed by atoms with van der Waals surface area (Å²) < 4.78 is 0. The van der Waals surface area contributed by atoms with Crippen molar-refractivity contribution >= 4 is 17.1 Å². The maximum Gasteiger partial charge on any atom is 0.269 e. The van der Waals surface area contributed by atoms with Gasteiger partial charge in [0.1, 0.15) is 0 Å². The van der Waals surface area contributed by atoms with Crippen molar-refractivity contribution in [1.82, 2.24) is 0 Å². The molecule has 0 saturated heterocycles. The summed E-state index contributed by atoms with van der Waals surface area (Å²) in [5.41, 5.74) is 4.98. The van der Waals surface area contributed by atoms with Crippen molar-refractivity contribution in [3.63, 3.8) is 0 Å². The first kappa shape index (κ1) is 27.6. The smallest absolute Gasteiger partial charge is 0.269 e. The minimum atomic E-state index is -0.388. The summed E-state index contributed by atoms with van der Waals surface area (Å²) in [4.78, 5) is 17.0. The Kier molecular flexibility index (Phi) is 13.8. The summed E-state index contributed by atoms with van der Waals surface area (Å²) in [5, 5.41) is 12.7. The second-order valence-electron chi connectivity index (χ2n) is 9.01. The highest BCUT2D eigenvalue weighted by atomic mass is 16.7. The predicted molar refractivity (Wildman–Crippen MR) is 142 cm³/mol. The third-order valence-electron chi connectivity index (χ3n) is 6.14. The zero-order chi connectivity index (χ0) is 24.4. The molecule has 1 atom stereocenters. The van der Waals surface area contributed by atoms with Crippen LogP contribution in [0.3, 0.4) is 0 Å². The van der Waals surface area contributed by atoms with Gasteiger partial charge < -0.3 is 0 Å². The van der Waals surface area contributed by atoms with E-state index in [9.17, 15) is 10.1 Å². The first-order valence-electron chi connectivity index (χ1n) is 13.2. The van der Waals surface area contributed by atoms with Crippen molar-refractivity contribution < 1.29 is 9.76 Å². The van der Waals surface area contributed by atoms with Crippen molar-refractivity contribution in [3.8, 4) is 0 Å². The van der Waals surface area contributed by atoms with Crippen LogP contribution in [0.2, 0.25) is 0 Å². The molecule has 2 aromatic rings. The average Bonchev–Trinajstić information content (AvgIpc) is 2.86. The van der Waals surface area contributed by atoms with E-state index < -0.39 is 0 Å². The van der Waals surface area contributed by atoms with Crippen LogP contribution in [-0.2, 0) is 4.84 Å². The molecule has 0 spiro atoms. The number of unbranched alkanes of at least 4 members (excludes halogenated alkanes) is 10. The molecule has 0 aromatic heterocycles. The first-order chi connectivity index (χ1) is 16.6. The third-order valence-corrected chi connectivity index (χ3v) is 6.14. The Hall–Kier alpha value is -2.60. The normalized spacial score (nSPS) is 11.8. The van der Waals surface area contributed by atoms with E-state index >= 15 is 0 Å². The van der Waals surface area contributed by atoms with Gasteiger partial charge in [-0.25, -0.2) is 0 Å². The molecule has 0 aliphatic heterocycles. The first-order valence-corrected chi connectivity index (χ1v) is 13.2. The molecule has 2 aromatic carbocycles. The van der Waals surface area contributed by atoms with Gasteiger partial charge in [-0.1, -0.05) is 103 Å². The SMILES string of the molecule is CCCCCCCCCCCCCC(CC)ON(Nc1ccccc1)c1ccc([N+](=O)[O-])cc1. The Labute approximate surface area is 205 Å². The number of hydrogen-bond donors (Lipinski definition) is 1. The number of nitro benzene ring substituents is 1. The lowest BCUT2D eigenvalue weighted by Crippen LogP contribution is -2.34. The fourth-order valence-electron chi connectivity index (χ4n) is 4.01. The quantitative estimate of drug-likeness (QED) is 0.126. The van der Waals surface area contributed by atoms with E-state index in [0.717, 1.165) is 30.6 Å². The zero-order valence-corrected chi connectivity index (χ0v) is 21.1. The topological polar surface area (TPSA) is 67.6 Å². The van der Waals surface area contributed by atoms with Crippen LogP contribution in [0, 0.1) is 10.1 Å². The monoisotopic (exact) mass is 469 g/mol. The molecule has 2 rings (SSSR count). The van der Waals surface area contributed by atoms with Gasteiger partial charge in [-0.05, 0) is 37.1 Å². The highest BCUT2D eigenvalue weighted by molar-refractivity contribution is 5.55. The Bertz CT molecular complexity index is 783. The summed E-state index contributed by atoms with van der Waals surface area (Å²) in [6, 6.07) is 16.2. The lowest BCUT2D eigenvalue weighted by atomic mass is 10.0. The molecule has 6 heteroatoms. The van der Waals surface area contributed by atoms with Crippen molar-refractivity contribution in [2.45, 2.75) is 103 Å². The molecule has 34 heavy (non-hydrogen) atoms. The summed E-state index contributed by atoms with van der Waals surface area (Å²) in [5.74, 6) is 0. The number of hydrazine groups is 1. The Morgan fingerprint density at radius 2 is 1.38 bits per heavy atom. The maximum atomic E-state index is 11.0. The fraction of sp³-hybridized carbons (Fsp3) is 0.571. The number of nitro groups is 1. The molecule has 0 bridgehead atoms. The van der Waals surface area contributed by atoms with E-state index in [1.54, 1.807) is 17.3 Å². The van der Waals surface area contributed by atoms with Crippen LogP contribution in [0.4, 0.5) is 17.1 Å². The number of nitrogens with one attached hydrogen (secondary N) is 1. The largest absolute Gasteiger partial charge is 0.274 e. The van der Waals surface area contributed by atoms with Gasteiger partial charge in [0.05, 0.1) is 22.4 Å². The van der Waals surface area contributed by atoms with Gasteiger partial charge >= 0.3 is 0 Å². The number of hydrogen-bond acceptors (Lipinski definition) is 5. The summed E-state index contributed by atoms with van der Waals surface area (Å²) in [6.07, 6.45) is 16.6. The second kappa shape index (κ2) is 16.9. The van der Waals surface area contributed by atoms with Gasteiger partial charge in [0.2, 0.25) is 0 Å². The molecule has 6 nitrogen and oxygen atoms in total. The number of non-ortho nitro benzene ring substituents is 1. The molecule has 0 saturated carbocycles. The molecule has 1 unspecified atom stereocenters. The fourth-order valence-corrected chi connectivity index (χ4v) is 4.01. The lowest BCUT2D eigenvalue weighted by Gasteiger charge is -2.29. The molecular formula is C28H43N3O3. The third kappa shape index (κ3) is 11.0. The maximum absolute atomic E-state index is 11.0. The number of anilines is 2. The summed E-state index contributed by atoms with van der Waals surface area (Å²) in [7, 11) is 0. The van der Waals surface area contributed by atoms with Crippen molar-refractivity contribution in [1.29, 1.82) is 0 Å². The highest BCUT2D eigenvalue weighted by Crippen LogP contribution is 2.23. The van der Waals surface area contributed by atoms with Crippen LogP contribution in [0.25, 0.3) is 0 Å². The van der Waals surface area contributed by atoms with Crippen molar-refractivity contribution in [2.24, 2.45) is 0 Å². The van der Waals surface area contributed by atoms with Crippen LogP contribution in [0.1, 0.15) is 97.3 Å². The van der Waals surface area contributed by atoms with Gasteiger partial charge in [-0.15, -0.1) is 0 Å². The molecular weight excluding hydrogens is 426 g/mol. The van der Waals surface area contributed by atoms with Gasteiger partial charge in [0.15, 0.2) is 0 Å². The van der Waals surface area contributed by atoms with E-state index in [-0.39, 0.29) is 16.7 Å². The molecule has 0 radical (unpaired) electrons. The number of rotatable bonds is 19. The number of benzene rings is 2. The lowest BCUT2D eigenvalue weighted by molar-refractivity contribution is -0.384. The van der Waals surface area contributed by atoms with E-state index in [1.165, 1.54) is 76.3 Å². The molecule has 188 valence electrons. The van der Waals surface area contributed by atoms with Gasteiger partial charge in [0, 0.05) is 12.1 Å². The van der Waals surface area contributed by atoms with Crippen molar-refractivity contribution in [3.05, 3.63) is 64.7 Å². The molecule has 0 heterocycles. The minimum Gasteiger partial charge on any atom is -0.274 e. The van der Waals surface area contributed by atoms with E-state index in [1.807, 2.05) is 30.3 Å². The molecule has 0 fully saturated rings. The van der Waals surface area contributed by atoms with Crippen LogP contribution in [0.15, 0.2) is 54.6 Å². The van der Waals surface area contributed by atoms with Crippen LogP contribution < -0.4 is 10.6 Å². The molecule has 0 aliphatic rings. The van der Waals surface area contributed by atoms with E-state index in [2.05, 4.69) is 19.3 Å². The standard InChI is InChI=1S/C28H43N3O3/c1-3-5-6-7-8-9-10-11-12-13-17-20-28(4-2)34-30(29-25-18-15-14-16-19-25)26-21-23-27(24-22-26)31(32)33/h14-16,18-19,21-24,28-29H,3-13,17,20H2,1-2H3. The van der Waals surface area contributed by atoms with Gasteiger partial charge in [0.25, 0.3) is 5.69 Å². The number of para-hydroxylation sites is 1. The highest BCUT2D eigenvalue weighted by Gasteiger charge is 2.16. The predicted octanol–water partition coefficient (Wildman–Crippen LogP) is 8.84. The van der Waals surface area contributed by atoms with E-state index in [0.29, 0.717) is 0 Å². The van der Waals surface area contributed by atoms with Crippen LogP contribution >= 0.6 is 0 Å². The Morgan fingerprint density at radius 3 is 1.91 bits per heavy atom. The molecule has 0 amide bonds. The Morgan fingerprint density at radius 1 is 0.824 bits per heavy atom. The Balaban J connectivity index is 1.79. The number of nitrogens with zero attached hydrogens (tertiary/aromatic N) is 2. The van der Waals surface area contributed by atoms with Gasteiger partial charge in [-0.3, -0.25) is 20.4 Å². The van der Waals surface area contributed by atoms with Gasteiger partial charge in [-0.2, -0.15) is 5.17 Å². The van der Waals surface area contributed by atoms with Crippen LogP contribution in [0.5, 0.6) is 0 Å². The van der Waals surface area contributed by atoms with Crippen molar-refractivity contribution in [2.75, 3.05) is 10.6 Å². The second-order valence-corrected chi connectivity index (χ2v) is 9.01. The zero-order valence-electron chi connectivity index (χ0n) is 21.1. The summed E-state index contributed by atoms with van der Waals surface area (Å²) >= 11 is 0. The molecule has 1 N–H and O–H groups in total. The average molecular weight is 470 g/mol.